The predicted molar refractivity (Wildman–Crippen MR) is 133 cm³/mol. The Morgan fingerprint density at radius 2 is 2.00 bits per heavy atom. The van der Waals surface area contributed by atoms with E-state index < -0.39 is 23.5 Å². The Kier molecular flexibility index (Phi) is 5.80. The van der Waals surface area contributed by atoms with Gasteiger partial charge in [0.1, 0.15) is 16.9 Å². The van der Waals surface area contributed by atoms with E-state index in [2.05, 4.69) is 41.8 Å². The topological polar surface area (TPSA) is 133 Å². The van der Waals surface area contributed by atoms with Crippen molar-refractivity contribution in [2.45, 2.75) is 44.8 Å². The number of rotatable bonds is 4. The third-order valence-electron chi connectivity index (χ3n) is 5.94. The number of nitrogens with one attached hydrogen (secondary N) is 3. The number of carbonyl (C=O) groups is 4. The lowest BCUT2D eigenvalue weighted by atomic mass is 10.0. The number of fused-ring (bicyclic) bond motifs is 2. The number of piperidine rings is 1. The normalized spacial score (nSPS) is 18.0. The fourth-order valence-electron chi connectivity index (χ4n) is 4.17. The molecule has 2 aliphatic heterocycles. The number of urea groups is 1. The highest BCUT2D eigenvalue weighted by Crippen LogP contribution is 2.33. The highest BCUT2D eigenvalue weighted by atomic mass is 79.9. The van der Waals surface area contributed by atoms with Gasteiger partial charge in [-0.3, -0.25) is 25.0 Å². The van der Waals surface area contributed by atoms with Crippen molar-refractivity contribution in [2.75, 3.05) is 5.32 Å². The minimum Gasteiger partial charge on any atom is -0.326 e. The minimum absolute atomic E-state index is 0.129. The van der Waals surface area contributed by atoms with E-state index in [1.165, 1.54) is 16.2 Å². The first-order valence-corrected chi connectivity index (χ1v) is 12.5. The van der Waals surface area contributed by atoms with Crippen molar-refractivity contribution in [1.29, 1.82) is 0 Å². The van der Waals surface area contributed by atoms with Crippen LogP contribution in [0.1, 0.15) is 47.7 Å². The first-order valence-electron chi connectivity index (χ1n) is 10.9. The van der Waals surface area contributed by atoms with E-state index in [0.29, 0.717) is 11.3 Å². The summed E-state index contributed by atoms with van der Waals surface area (Å²) >= 11 is 5.01. The standard InChI is InChI=1S/C23H21BrN6O4S/c1-23(2,21-28-18-12(24)4-3-5-15(18)35-21)29-22(34)26-16-8-6-11-13(25-16)10-30(20(11)33)14-7-9-17(31)27-19(14)32/h3-6,8,14H,7,9-10H2,1-2H3,(H,27,31,32)(H2,25,26,29,34). The van der Waals surface area contributed by atoms with Gasteiger partial charge in [0.05, 0.1) is 33.6 Å². The average Bonchev–Trinajstić information content (AvgIpc) is 3.36. The number of nitrogens with zero attached hydrogens (tertiary/aromatic N) is 3. The zero-order valence-corrected chi connectivity index (χ0v) is 21.2. The molecule has 180 valence electrons. The van der Waals surface area contributed by atoms with Crippen LogP contribution in [-0.4, -0.2) is 44.7 Å². The van der Waals surface area contributed by atoms with Crippen LogP contribution in [0.4, 0.5) is 10.6 Å². The fraction of sp³-hybridized carbons (Fsp3) is 0.304. The van der Waals surface area contributed by atoms with Gasteiger partial charge in [0.2, 0.25) is 11.8 Å². The molecule has 5 amide bonds. The lowest BCUT2D eigenvalue weighted by molar-refractivity contribution is -0.136. The van der Waals surface area contributed by atoms with Crippen LogP contribution in [-0.2, 0) is 21.7 Å². The first-order chi connectivity index (χ1) is 16.6. The van der Waals surface area contributed by atoms with Crippen LogP contribution in [0, 0.1) is 0 Å². The summed E-state index contributed by atoms with van der Waals surface area (Å²) in [6.07, 6.45) is 0.452. The number of halogens is 1. The monoisotopic (exact) mass is 556 g/mol. The number of imide groups is 1. The van der Waals surface area contributed by atoms with Gasteiger partial charge in [-0.15, -0.1) is 11.3 Å². The lowest BCUT2D eigenvalue weighted by Crippen LogP contribution is -2.52. The zero-order valence-electron chi connectivity index (χ0n) is 18.8. The van der Waals surface area contributed by atoms with E-state index in [1.54, 1.807) is 12.1 Å². The number of anilines is 1. The summed E-state index contributed by atoms with van der Waals surface area (Å²) in [4.78, 5) is 59.7. The number of hydrogen-bond donors (Lipinski definition) is 3. The zero-order chi connectivity index (χ0) is 24.9. The Hall–Kier alpha value is -3.38. The number of carbonyl (C=O) groups excluding carboxylic acids is 4. The Morgan fingerprint density at radius 1 is 1.20 bits per heavy atom. The average molecular weight is 557 g/mol. The fourth-order valence-corrected chi connectivity index (χ4v) is 5.81. The lowest BCUT2D eigenvalue weighted by Gasteiger charge is -2.29. The van der Waals surface area contributed by atoms with Gasteiger partial charge in [0, 0.05) is 10.9 Å². The van der Waals surface area contributed by atoms with Crippen molar-refractivity contribution < 1.29 is 19.2 Å². The van der Waals surface area contributed by atoms with Gasteiger partial charge in [0.25, 0.3) is 5.91 Å². The highest BCUT2D eigenvalue weighted by Gasteiger charge is 2.40. The summed E-state index contributed by atoms with van der Waals surface area (Å²) in [5, 5.41) is 8.67. The third kappa shape index (κ3) is 4.39. The molecule has 4 heterocycles. The molecule has 2 aliphatic rings. The van der Waals surface area contributed by atoms with E-state index in [1.807, 2.05) is 32.0 Å². The number of thiazole rings is 1. The molecule has 3 aromatic rings. The molecular weight excluding hydrogens is 536 g/mol. The maximum Gasteiger partial charge on any atom is 0.321 e. The van der Waals surface area contributed by atoms with Crippen molar-refractivity contribution in [3.8, 4) is 0 Å². The van der Waals surface area contributed by atoms with Gasteiger partial charge in [-0.25, -0.2) is 14.8 Å². The molecule has 5 rings (SSSR count). The molecule has 3 N–H and O–H groups in total. The molecule has 0 bridgehead atoms. The second kappa shape index (κ2) is 8.68. The van der Waals surface area contributed by atoms with Crippen LogP contribution in [0.2, 0.25) is 0 Å². The summed E-state index contributed by atoms with van der Waals surface area (Å²) in [5.74, 6) is -0.861. The summed E-state index contributed by atoms with van der Waals surface area (Å²) < 4.78 is 1.90. The Morgan fingerprint density at radius 3 is 2.74 bits per heavy atom. The third-order valence-corrected chi connectivity index (χ3v) is 7.93. The van der Waals surface area contributed by atoms with Crippen LogP contribution in [0.5, 0.6) is 0 Å². The molecular formula is C23H21BrN6O4S. The van der Waals surface area contributed by atoms with Crippen molar-refractivity contribution in [2.24, 2.45) is 0 Å². The van der Waals surface area contributed by atoms with Gasteiger partial charge in [-0.1, -0.05) is 6.07 Å². The largest absolute Gasteiger partial charge is 0.326 e. The van der Waals surface area contributed by atoms with Crippen LogP contribution in [0.25, 0.3) is 10.2 Å². The number of pyridine rings is 1. The van der Waals surface area contributed by atoms with Crippen LogP contribution in [0.3, 0.4) is 0 Å². The summed E-state index contributed by atoms with van der Waals surface area (Å²) in [6.45, 7) is 3.86. The van der Waals surface area contributed by atoms with Crippen LogP contribution in [0.15, 0.2) is 34.8 Å². The summed E-state index contributed by atoms with van der Waals surface area (Å²) in [6, 6.07) is 7.79. The Balaban J connectivity index is 1.28. The van der Waals surface area contributed by atoms with Gasteiger partial charge < -0.3 is 10.2 Å². The number of aromatic nitrogens is 2. The molecule has 12 heteroatoms. The van der Waals surface area contributed by atoms with E-state index in [-0.39, 0.29) is 37.0 Å². The molecule has 0 saturated carbocycles. The number of benzene rings is 1. The van der Waals surface area contributed by atoms with Gasteiger partial charge in [-0.2, -0.15) is 0 Å². The Bertz CT molecular complexity index is 1400. The maximum atomic E-state index is 12.8. The predicted octanol–water partition coefficient (Wildman–Crippen LogP) is 3.27. The maximum absolute atomic E-state index is 12.8. The Labute approximate surface area is 212 Å². The van der Waals surface area contributed by atoms with Crippen molar-refractivity contribution in [1.82, 2.24) is 25.5 Å². The van der Waals surface area contributed by atoms with Crippen molar-refractivity contribution in [3.63, 3.8) is 0 Å². The van der Waals surface area contributed by atoms with Crippen molar-refractivity contribution >= 4 is 67.1 Å². The molecule has 0 aliphatic carbocycles. The van der Waals surface area contributed by atoms with E-state index >= 15 is 0 Å². The summed E-state index contributed by atoms with van der Waals surface area (Å²) in [7, 11) is 0. The second-order valence-corrected chi connectivity index (χ2v) is 10.8. The number of para-hydroxylation sites is 1. The minimum atomic E-state index is -0.748. The molecule has 1 fully saturated rings. The SMILES string of the molecule is CC(C)(NC(=O)Nc1ccc2c(n1)CN(C1CCC(=O)NC1=O)C2=O)c1nc2c(Br)cccc2s1. The van der Waals surface area contributed by atoms with E-state index in [0.717, 1.165) is 19.7 Å². The molecule has 10 nitrogen and oxygen atoms in total. The second-order valence-electron chi connectivity index (χ2n) is 8.90. The van der Waals surface area contributed by atoms with E-state index in [9.17, 15) is 19.2 Å². The van der Waals surface area contributed by atoms with Gasteiger partial charge in [0.15, 0.2) is 0 Å². The number of hydrogen-bond acceptors (Lipinski definition) is 7. The first kappa shape index (κ1) is 23.4. The molecule has 1 aromatic carbocycles. The molecule has 2 aromatic heterocycles. The molecule has 1 saturated heterocycles. The molecule has 35 heavy (non-hydrogen) atoms. The quantitative estimate of drug-likeness (QED) is 0.422. The van der Waals surface area contributed by atoms with Gasteiger partial charge >= 0.3 is 6.03 Å². The van der Waals surface area contributed by atoms with Crippen LogP contribution < -0.4 is 16.0 Å². The molecule has 0 radical (unpaired) electrons. The van der Waals surface area contributed by atoms with Crippen LogP contribution >= 0.6 is 27.3 Å². The van der Waals surface area contributed by atoms with E-state index in [4.69, 9.17) is 0 Å². The number of amides is 5. The molecule has 0 spiro atoms. The molecule has 1 atom stereocenters. The van der Waals surface area contributed by atoms with Crippen molar-refractivity contribution in [3.05, 3.63) is 51.1 Å². The summed E-state index contributed by atoms with van der Waals surface area (Å²) in [5.41, 5.74) is 0.935. The smallest absolute Gasteiger partial charge is 0.321 e. The highest BCUT2D eigenvalue weighted by molar-refractivity contribution is 9.10. The van der Waals surface area contributed by atoms with Gasteiger partial charge in [-0.05, 0) is 60.5 Å². The molecule has 1 unspecified atom stereocenters.